The van der Waals surface area contributed by atoms with Gasteiger partial charge in [0, 0.05) is 0 Å². The lowest BCUT2D eigenvalue weighted by molar-refractivity contribution is 0.259. The fourth-order valence-electron chi connectivity index (χ4n) is 11.3. The molecule has 0 heterocycles. The highest BCUT2D eigenvalue weighted by Crippen LogP contribution is 2.58. The van der Waals surface area contributed by atoms with E-state index in [-0.39, 0.29) is 0 Å². The van der Waals surface area contributed by atoms with Crippen LogP contribution in [0.5, 0.6) is 0 Å². The van der Waals surface area contributed by atoms with Crippen molar-refractivity contribution < 1.29 is 0 Å². The highest BCUT2D eigenvalue weighted by Gasteiger charge is 2.48. The molecule has 0 heteroatoms. The summed E-state index contributed by atoms with van der Waals surface area (Å²) in [5, 5.41) is 2.62. The van der Waals surface area contributed by atoms with Crippen molar-refractivity contribution in [2.75, 3.05) is 0 Å². The van der Waals surface area contributed by atoms with Crippen LogP contribution in [0, 0.1) is 30.6 Å². The fourth-order valence-corrected chi connectivity index (χ4v) is 11.3. The minimum atomic E-state index is 0.653. The maximum atomic E-state index is 2.21. The van der Waals surface area contributed by atoms with Crippen LogP contribution >= 0.6 is 0 Å². The van der Waals surface area contributed by atoms with Crippen molar-refractivity contribution in [3.63, 3.8) is 0 Å². The van der Waals surface area contributed by atoms with Crippen molar-refractivity contribution >= 4 is 10.8 Å². The van der Waals surface area contributed by atoms with Crippen LogP contribution in [-0.2, 0) is 25.7 Å². The zero-order chi connectivity index (χ0) is 89.3. The van der Waals surface area contributed by atoms with Crippen LogP contribution in [0.1, 0.15) is 291 Å². The topological polar surface area (TPSA) is 0 Å². The van der Waals surface area contributed by atoms with Crippen LogP contribution in [0.15, 0.2) is 364 Å². The smallest absolute Gasteiger partial charge is 0.0184 e. The average Bonchev–Trinajstić information content (AvgIpc) is 1.62. The minimum absolute atomic E-state index is 0.653. The summed E-state index contributed by atoms with van der Waals surface area (Å²) >= 11 is 0. The van der Waals surface area contributed by atoms with Crippen LogP contribution in [0.2, 0.25) is 0 Å². The van der Waals surface area contributed by atoms with Crippen LogP contribution in [0.3, 0.4) is 0 Å². The van der Waals surface area contributed by atoms with Gasteiger partial charge in [-0.2, -0.15) is 0 Å². The standard InChI is InChI=1S/C16H18.C10H16.C10H8.2C10H14.6C6H6.3C3H8.8C2H6/c1-3-13-5-9-15(10-6-13)16-11-7-14(4-2)8-12-16;1-2-9-7-4-5-8(6-7)10(9)3-1;1-2-6-10-8-4-3-7-9(10)5-1;1-8(2)10-6-4-9(3)5-7-10;1-3-9-5-7-10(4-2)8-6-9;6*1-2-4-6-5-3-1;3*1-3-2;8*1-2/h5-12H,3-4H2,1-2H3;7-10H,1-6H2;1-8H;4-8H,1-3H3;5-8H,3-4H2,1-2H3;6*1-6H;3*3H2,1-2H3;8*1-2H3. The molecule has 4 unspecified atom stereocenters. The molecule has 12 aromatic rings. The summed E-state index contributed by atoms with van der Waals surface area (Å²) in [6.07, 6.45) is 17.8. The van der Waals surface area contributed by atoms with E-state index < -0.39 is 0 Å². The molecule has 15 rings (SSSR count). The third-order valence-electron chi connectivity index (χ3n) is 16.6. The Morgan fingerprint density at radius 3 is 0.556 bits per heavy atom. The predicted octanol–water partition coefficient (Wildman–Crippen LogP) is 38.7. The van der Waals surface area contributed by atoms with Gasteiger partial charge in [0.05, 0.1) is 0 Å². The molecule has 3 aliphatic carbocycles. The van der Waals surface area contributed by atoms with E-state index in [2.05, 4.69) is 236 Å². The lowest BCUT2D eigenvalue weighted by atomic mass is 9.82. The molecule has 0 saturated heterocycles. The molecule has 117 heavy (non-hydrogen) atoms. The first-order chi connectivity index (χ1) is 57.6. The number of benzene rings is 12. The van der Waals surface area contributed by atoms with Gasteiger partial charge in [-0.3, -0.25) is 0 Å². The molecule has 0 amide bonds. The van der Waals surface area contributed by atoms with Gasteiger partial charge in [0.1, 0.15) is 0 Å². The fraction of sp³-hybridized carbons (Fsp3) is 0.402. The first-order valence-electron chi connectivity index (χ1n) is 46.3. The van der Waals surface area contributed by atoms with Gasteiger partial charge in [0.15, 0.2) is 0 Å². The second-order valence-corrected chi connectivity index (χ2v) is 25.7. The average molecular weight is 1580 g/mol. The van der Waals surface area contributed by atoms with E-state index in [1.807, 2.05) is 329 Å². The molecular formula is C117H178. The predicted molar refractivity (Wildman–Crippen MR) is 544 cm³/mol. The van der Waals surface area contributed by atoms with E-state index in [4.69, 9.17) is 0 Å². The van der Waals surface area contributed by atoms with Gasteiger partial charge in [-0.25, -0.2) is 0 Å². The maximum absolute atomic E-state index is 2.21. The summed E-state index contributed by atoms with van der Waals surface area (Å²) in [4.78, 5) is 0. The van der Waals surface area contributed by atoms with Crippen molar-refractivity contribution in [1.82, 2.24) is 0 Å². The van der Waals surface area contributed by atoms with E-state index in [0.717, 1.165) is 25.7 Å². The van der Waals surface area contributed by atoms with Crippen molar-refractivity contribution in [3.05, 3.63) is 397 Å². The summed E-state index contributed by atoms with van der Waals surface area (Å²) in [5.74, 6) is 5.45. The summed E-state index contributed by atoms with van der Waals surface area (Å²) in [7, 11) is 0. The molecule has 2 bridgehead atoms. The summed E-state index contributed by atoms with van der Waals surface area (Å²) in [5.41, 5.74) is 11.0. The zero-order valence-electron chi connectivity index (χ0n) is 80.7. The molecule has 0 aromatic heterocycles. The van der Waals surface area contributed by atoms with Crippen LogP contribution in [-0.4, -0.2) is 0 Å². The monoisotopic (exact) mass is 1580 g/mol. The number of hydrogen-bond donors (Lipinski definition) is 0. The number of rotatable bonds is 6. The molecule has 4 atom stereocenters. The van der Waals surface area contributed by atoms with Gasteiger partial charge >= 0.3 is 0 Å². The SMILES string of the molecule is C1CC2C3CCC(C3)C2C1.CC.CC.CC.CC.CC.CC.CC.CC.CCC.CCC.CCC.CCc1ccc(-c2ccc(CC)cc2)cc1.CCc1ccc(CC)cc1.Cc1ccc(C(C)C)cc1.c1ccc2ccccc2c1.c1ccccc1.c1ccccc1.c1ccccc1.c1ccccc1.c1ccccc1.c1ccccc1. The second-order valence-electron chi connectivity index (χ2n) is 25.7. The van der Waals surface area contributed by atoms with Gasteiger partial charge in [-0.15, -0.1) is 0 Å². The van der Waals surface area contributed by atoms with E-state index in [9.17, 15) is 0 Å². The van der Waals surface area contributed by atoms with Gasteiger partial charge in [-0.05, 0) is 144 Å². The Morgan fingerprint density at radius 1 is 0.222 bits per heavy atom. The quantitative estimate of drug-likeness (QED) is 0.156. The molecule has 0 spiro atoms. The van der Waals surface area contributed by atoms with Crippen LogP contribution < -0.4 is 0 Å². The largest absolute Gasteiger partial charge is 0.0683 e. The molecule has 0 aliphatic heterocycles. The lowest BCUT2D eigenvalue weighted by Crippen LogP contribution is -2.15. The maximum Gasteiger partial charge on any atom is -0.0184 e. The summed E-state index contributed by atoms with van der Waals surface area (Å²) < 4.78 is 0. The van der Waals surface area contributed by atoms with Crippen LogP contribution in [0.4, 0.5) is 0 Å². The van der Waals surface area contributed by atoms with Gasteiger partial charge < -0.3 is 0 Å². The molecule has 3 fully saturated rings. The first kappa shape index (κ1) is 121. The molecule has 12 aromatic carbocycles. The Labute approximate surface area is 728 Å². The molecular weight excluding hydrogens is 1410 g/mol. The Hall–Kier alpha value is -9.10. The third kappa shape index (κ3) is 71.9. The van der Waals surface area contributed by atoms with Crippen molar-refractivity contribution in [2.45, 2.75) is 290 Å². The van der Waals surface area contributed by atoms with E-state index >= 15 is 0 Å². The highest BCUT2D eigenvalue weighted by atomic mass is 14.5. The van der Waals surface area contributed by atoms with E-state index in [0.29, 0.717) is 5.92 Å². The number of aryl methyl sites for hydroxylation is 5. The molecule has 3 saturated carbocycles. The Bertz CT molecular complexity index is 3010. The van der Waals surface area contributed by atoms with Gasteiger partial charge in [0.25, 0.3) is 0 Å². The molecule has 3 aliphatic rings. The molecule has 646 valence electrons. The summed E-state index contributed by atoms with van der Waals surface area (Å²) in [6, 6.07) is 124. The zero-order valence-corrected chi connectivity index (χ0v) is 80.7. The Balaban J connectivity index is -0.000000224. The normalized spacial score (nSPS) is 12.3. The molecule has 0 nitrogen and oxygen atoms in total. The van der Waals surface area contributed by atoms with E-state index in [1.165, 1.54) is 98.2 Å². The van der Waals surface area contributed by atoms with Crippen molar-refractivity contribution in [2.24, 2.45) is 23.7 Å². The van der Waals surface area contributed by atoms with Crippen molar-refractivity contribution in [3.8, 4) is 11.1 Å². The Kier molecular flexibility index (Phi) is 105. The lowest BCUT2D eigenvalue weighted by Gasteiger charge is -2.23. The summed E-state index contributed by atoms with van der Waals surface area (Å²) in [6.45, 7) is 60.0. The number of hydrogen-bond acceptors (Lipinski definition) is 0. The van der Waals surface area contributed by atoms with Gasteiger partial charge in [-0.1, -0.05) is 589 Å². The Morgan fingerprint density at radius 2 is 0.393 bits per heavy atom. The van der Waals surface area contributed by atoms with Crippen LogP contribution in [0.25, 0.3) is 21.9 Å². The van der Waals surface area contributed by atoms with Gasteiger partial charge in [0.2, 0.25) is 0 Å². The highest BCUT2D eigenvalue weighted by molar-refractivity contribution is 5.82. The molecule has 0 N–H and O–H groups in total. The number of fused-ring (bicyclic) bond motifs is 6. The first-order valence-corrected chi connectivity index (χ1v) is 46.3. The molecule has 0 radical (unpaired) electrons. The van der Waals surface area contributed by atoms with Crippen molar-refractivity contribution in [1.29, 1.82) is 0 Å². The third-order valence-corrected chi connectivity index (χ3v) is 16.6. The second kappa shape index (κ2) is 101. The van der Waals surface area contributed by atoms with E-state index in [1.54, 1.807) is 38.5 Å². The minimum Gasteiger partial charge on any atom is -0.0683 e.